The quantitative estimate of drug-likeness (QED) is 0.0935. The van der Waals surface area contributed by atoms with E-state index < -0.39 is 12.1 Å². The van der Waals surface area contributed by atoms with Gasteiger partial charge in [-0.05, 0) is 112 Å². The summed E-state index contributed by atoms with van der Waals surface area (Å²) < 4.78 is 0. The van der Waals surface area contributed by atoms with Crippen molar-refractivity contribution in [2.24, 2.45) is 0 Å². The largest absolute Gasteiger partial charge is 0.340 e. The van der Waals surface area contributed by atoms with E-state index >= 15 is 0 Å². The fourth-order valence-corrected chi connectivity index (χ4v) is 10.8. The van der Waals surface area contributed by atoms with Crippen LogP contribution < -0.4 is 10.6 Å². The molecule has 0 saturated carbocycles. The van der Waals surface area contributed by atoms with E-state index in [1.54, 1.807) is 0 Å². The number of aromatic nitrogens is 4. The molecule has 68 heavy (non-hydrogen) atoms. The molecule has 6 heterocycles. The summed E-state index contributed by atoms with van der Waals surface area (Å²) in [5.41, 5.74) is 7.38. The molecule has 0 spiro atoms. The molecule has 0 radical (unpaired) electrons. The van der Waals surface area contributed by atoms with Crippen LogP contribution in [0.5, 0.6) is 0 Å². The minimum absolute atomic E-state index is 0.110. The van der Waals surface area contributed by atoms with Crippen molar-refractivity contribution in [3.05, 3.63) is 144 Å². The number of hydrogen-bond donors (Lipinski definition) is 4. The second-order valence-corrected chi connectivity index (χ2v) is 18.9. The number of imidazole rings is 2. The van der Waals surface area contributed by atoms with Gasteiger partial charge in [-0.1, -0.05) is 109 Å². The van der Waals surface area contributed by atoms with Crippen molar-refractivity contribution >= 4 is 23.6 Å². The average Bonchev–Trinajstić information content (AvgIpc) is 4.24. The van der Waals surface area contributed by atoms with Gasteiger partial charge in [0.1, 0.15) is 23.7 Å². The maximum absolute atomic E-state index is 14.4. The summed E-state index contributed by atoms with van der Waals surface area (Å²) in [7, 11) is 3.93. The molecule has 14 nitrogen and oxygen atoms in total. The predicted octanol–water partition coefficient (Wildman–Crippen LogP) is 7.36. The van der Waals surface area contributed by atoms with Crippen molar-refractivity contribution < 1.29 is 19.2 Å². The number of aromatic amines is 2. The maximum Gasteiger partial charge on any atom is 0.250 e. The minimum Gasteiger partial charge on any atom is -0.340 e. The average molecular weight is 913 g/mol. The molecule has 2 aromatic heterocycles. The zero-order valence-corrected chi connectivity index (χ0v) is 38.8. The number of carbonyl (C=O) groups is 4. The predicted molar refractivity (Wildman–Crippen MR) is 260 cm³/mol. The van der Waals surface area contributed by atoms with E-state index in [0.29, 0.717) is 13.1 Å². The van der Waals surface area contributed by atoms with Crippen LogP contribution in [0.25, 0.3) is 33.6 Å². The van der Waals surface area contributed by atoms with Crippen LogP contribution in [0.15, 0.2) is 122 Å². The highest BCUT2D eigenvalue weighted by molar-refractivity contribution is 5.92. The lowest BCUT2D eigenvalue weighted by Gasteiger charge is -2.30. The van der Waals surface area contributed by atoms with Crippen LogP contribution in [-0.4, -0.2) is 116 Å². The lowest BCUT2D eigenvalue weighted by molar-refractivity contribution is -0.138. The molecule has 4 aliphatic rings. The smallest absolute Gasteiger partial charge is 0.250 e. The highest BCUT2D eigenvalue weighted by Crippen LogP contribution is 2.37. The SMILES string of the molecule is CN1CCC[C@H]1C(=O)N[C@@H](C(=O)N1CCCC1c1ncc(-c2ccc(-c3ccc(-c4cnc(C5CCCN5C(=O)[C@H](NC(=O)[C@@H]5CCCN5C)c5ccccc5)[nH]4)cc3)cc2)[nH]1)c1ccccc1. The highest BCUT2D eigenvalue weighted by atomic mass is 16.2. The number of carbonyl (C=O) groups excluding carboxylic acids is 4. The van der Waals surface area contributed by atoms with Crippen LogP contribution in [0.1, 0.15) is 98.3 Å². The minimum atomic E-state index is -0.781. The summed E-state index contributed by atoms with van der Waals surface area (Å²) in [4.78, 5) is 80.1. The van der Waals surface area contributed by atoms with E-state index in [4.69, 9.17) is 9.97 Å². The molecular weight excluding hydrogens is 853 g/mol. The van der Waals surface area contributed by atoms with E-state index in [1.165, 1.54) is 0 Å². The Morgan fingerprint density at radius 2 is 0.868 bits per heavy atom. The fourth-order valence-electron chi connectivity index (χ4n) is 10.8. The second-order valence-electron chi connectivity index (χ2n) is 18.9. The van der Waals surface area contributed by atoms with E-state index in [0.717, 1.165) is 121 Å². The van der Waals surface area contributed by atoms with Gasteiger partial charge in [0, 0.05) is 13.1 Å². The van der Waals surface area contributed by atoms with Gasteiger partial charge < -0.3 is 30.4 Å². The molecule has 4 amide bonds. The van der Waals surface area contributed by atoms with Gasteiger partial charge in [-0.15, -0.1) is 0 Å². The molecule has 2 unspecified atom stereocenters. The summed E-state index contributed by atoms with van der Waals surface area (Å²) >= 11 is 0. The first-order chi connectivity index (χ1) is 33.2. The Labute approximate surface area is 397 Å². The van der Waals surface area contributed by atoms with Gasteiger partial charge >= 0.3 is 0 Å². The van der Waals surface area contributed by atoms with Crippen molar-refractivity contribution in [2.75, 3.05) is 40.3 Å². The molecule has 4 aromatic carbocycles. The lowest BCUT2D eigenvalue weighted by atomic mass is 10.0. The van der Waals surface area contributed by atoms with Gasteiger partial charge in [0.2, 0.25) is 23.6 Å². The van der Waals surface area contributed by atoms with Gasteiger partial charge in [-0.25, -0.2) is 9.97 Å². The van der Waals surface area contributed by atoms with Gasteiger partial charge in [-0.2, -0.15) is 0 Å². The molecule has 4 saturated heterocycles. The lowest BCUT2D eigenvalue weighted by Crippen LogP contribution is -2.48. The summed E-state index contributed by atoms with van der Waals surface area (Å²) in [5.74, 6) is 1.01. The van der Waals surface area contributed by atoms with E-state index in [1.807, 2.05) is 97.0 Å². The number of nitrogens with one attached hydrogen (secondary N) is 4. The standard InChI is InChI=1S/C54H60N10O4/c1-61-29-9-19-45(61)51(65)59-47(39-13-5-3-6-14-39)53(67)63-31-11-17-43(63)49-55-33-41(57-49)37-25-21-35(22-26-37)36-23-27-38(28-24-36)42-34-56-50(58-42)44-18-12-32-64(44)54(68)48(40-15-7-4-8-16-40)60-52(66)46-20-10-30-62(46)2/h3-8,13-16,21-28,33-34,43-48H,9-12,17-20,29-32H2,1-2H3,(H,55,57)(H,56,58)(H,59,65)(H,60,66)/t43?,44?,45-,46-,47+,48+/m0/s1. The third kappa shape index (κ3) is 9.22. The Morgan fingerprint density at radius 3 is 1.24 bits per heavy atom. The fraction of sp³-hybridized carbons (Fsp3) is 0.370. The summed E-state index contributed by atoms with van der Waals surface area (Å²) in [5, 5.41) is 6.24. The molecule has 10 rings (SSSR count). The van der Waals surface area contributed by atoms with Crippen molar-refractivity contribution in [3.8, 4) is 33.6 Å². The maximum atomic E-state index is 14.4. The number of amides is 4. The third-order valence-corrected chi connectivity index (χ3v) is 14.6. The molecule has 6 atom stereocenters. The number of likely N-dealkylation sites (N-methyl/N-ethyl adjacent to an activating group) is 2. The van der Waals surface area contributed by atoms with Gasteiger partial charge in [0.05, 0.1) is 47.9 Å². The highest BCUT2D eigenvalue weighted by Gasteiger charge is 2.40. The van der Waals surface area contributed by atoms with Gasteiger partial charge in [-0.3, -0.25) is 29.0 Å². The second kappa shape index (κ2) is 19.7. The zero-order chi connectivity index (χ0) is 46.7. The number of likely N-dealkylation sites (tertiary alicyclic amines) is 4. The normalized spacial score (nSPS) is 21.8. The van der Waals surface area contributed by atoms with Crippen LogP contribution >= 0.6 is 0 Å². The molecule has 6 aromatic rings. The van der Waals surface area contributed by atoms with E-state index in [2.05, 4.69) is 78.9 Å². The molecule has 4 aliphatic heterocycles. The molecule has 0 aliphatic carbocycles. The monoisotopic (exact) mass is 912 g/mol. The number of nitrogens with zero attached hydrogens (tertiary/aromatic N) is 6. The van der Waals surface area contributed by atoms with Crippen molar-refractivity contribution in [1.82, 2.24) is 50.2 Å². The molecule has 350 valence electrons. The first-order valence-corrected chi connectivity index (χ1v) is 24.2. The number of rotatable bonds is 13. The van der Waals surface area contributed by atoms with Crippen LogP contribution in [0.3, 0.4) is 0 Å². The summed E-state index contributed by atoms with van der Waals surface area (Å²) in [6.07, 6.45) is 10.4. The Kier molecular flexibility index (Phi) is 13.0. The number of benzene rings is 4. The Balaban J connectivity index is 0.793. The first-order valence-electron chi connectivity index (χ1n) is 24.2. The van der Waals surface area contributed by atoms with Gasteiger partial charge in [0.25, 0.3) is 0 Å². The molecule has 4 N–H and O–H groups in total. The summed E-state index contributed by atoms with van der Waals surface area (Å²) in [6.45, 7) is 2.92. The molecule has 0 bridgehead atoms. The van der Waals surface area contributed by atoms with E-state index in [-0.39, 0.29) is 47.8 Å². The Hall–Kier alpha value is -6.90. The zero-order valence-electron chi connectivity index (χ0n) is 38.8. The van der Waals surface area contributed by atoms with Crippen LogP contribution in [0.2, 0.25) is 0 Å². The van der Waals surface area contributed by atoms with Crippen molar-refractivity contribution in [3.63, 3.8) is 0 Å². The van der Waals surface area contributed by atoms with Gasteiger partial charge in [0.15, 0.2) is 0 Å². The van der Waals surface area contributed by atoms with Crippen LogP contribution in [0, 0.1) is 0 Å². The first kappa shape index (κ1) is 44.9. The number of H-pyrrole nitrogens is 2. The Bertz CT molecular complexity index is 2530. The number of hydrogen-bond acceptors (Lipinski definition) is 8. The molecule has 14 heteroatoms. The Morgan fingerprint density at radius 1 is 0.500 bits per heavy atom. The third-order valence-electron chi connectivity index (χ3n) is 14.6. The van der Waals surface area contributed by atoms with Crippen LogP contribution in [-0.2, 0) is 19.2 Å². The van der Waals surface area contributed by atoms with Crippen LogP contribution in [0.4, 0.5) is 0 Å². The van der Waals surface area contributed by atoms with Crippen molar-refractivity contribution in [2.45, 2.75) is 87.6 Å². The van der Waals surface area contributed by atoms with Crippen molar-refractivity contribution in [1.29, 1.82) is 0 Å². The topological polar surface area (TPSA) is 163 Å². The van der Waals surface area contributed by atoms with E-state index in [9.17, 15) is 19.2 Å². The summed E-state index contributed by atoms with van der Waals surface area (Å²) in [6, 6.07) is 33.3. The molecule has 4 fully saturated rings. The molecular formula is C54H60N10O4.